The number of carbonyl (C=O) groups excluding carboxylic acids is 2. The lowest BCUT2D eigenvalue weighted by Crippen LogP contribution is -2.46. The Hall–Kier alpha value is -2.17. The van der Waals surface area contributed by atoms with Crippen LogP contribution in [0.5, 0.6) is 5.75 Å². The molecule has 1 aromatic rings. The van der Waals surface area contributed by atoms with Gasteiger partial charge in [-0.15, -0.1) is 0 Å². The summed E-state index contributed by atoms with van der Waals surface area (Å²) in [5, 5.41) is 0. The van der Waals surface area contributed by atoms with Crippen LogP contribution in [0.4, 0.5) is 0 Å². The molecule has 1 aliphatic carbocycles. The monoisotopic (exact) mass is 466 g/mol. The summed E-state index contributed by atoms with van der Waals surface area (Å²) < 4.78 is 43.3. The minimum atomic E-state index is -3.79. The third-order valence-electron chi connectivity index (χ3n) is 6.80. The molecule has 32 heavy (non-hydrogen) atoms. The largest absolute Gasteiger partial charge is 0.496 e. The van der Waals surface area contributed by atoms with E-state index in [-0.39, 0.29) is 41.3 Å². The van der Waals surface area contributed by atoms with Crippen molar-refractivity contribution in [1.29, 1.82) is 0 Å². The molecule has 2 aliphatic heterocycles. The number of rotatable bonds is 5. The van der Waals surface area contributed by atoms with Gasteiger partial charge in [-0.1, -0.05) is 12.8 Å². The summed E-state index contributed by atoms with van der Waals surface area (Å²) in [7, 11) is -1.03. The third kappa shape index (κ3) is 4.11. The van der Waals surface area contributed by atoms with Crippen LogP contribution >= 0.6 is 0 Å². The van der Waals surface area contributed by atoms with Crippen molar-refractivity contribution in [1.82, 2.24) is 9.21 Å². The minimum Gasteiger partial charge on any atom is -0.496 e. The molecule has 1 amide bonds. The minimum absolute atomic E-state index is 0.0255. The van der Waals surface area contributed by atoms with Gasteiger partial charge >= 0.3 is 5.97 Å². The number of nitrogens with zero attached hydrogens (tertiary/aromatic N) is 2. The van der Waals surface area contributed by atoms with E-state index in [2.05, 4.69) is 0 Å². The molecular formula is C22H30N2O7S. The zero-order valence-corrected chi connectivity index (χ0v) is 19.3. The van der Waals surface area contributed by atoms with Crippen LogP contribution in [0.3, 0.4) is 0 Å². The van der Waals surface area contributed by atoms with Gasteiger partial charge in [-0.2, -0.15) is 4.31 Å². The zero-order chi connectivity index (χ0) is 22.9. The first-order valence-corrected chi connectivity index (χ1v) is 12.5. The smallest absolute Gasteiger partial charge is 0.328 e. The summed E-state index contributed by atoms with van der Waals surface area (Å²) in [6, 6.07) is 3.58. The Kier molecular flexibility index (Phi) is 6.73. The van der Waals surface area contributed by atoms with Crippen molar-refractivity contribution in [3.8, 4) is 5.75 Å². The second-order valence-electron chi connectivity index (χ2n) is 8.48. The Labute approximate surface area is 188 Å². The van der Waals surface area contributed by atoms with Gasteiger partial charge < -0.3 is 19.1 Å². The van der Waals surface area contributed by atoms with Crippen molar-refractivity contribution >= 4 is 21.9 Å². The summed E-state index contributed by atoms with van der Waals surface area (Å²) in [6.07, 6.45) is 4.41. The Morgan fingerprint density at radius 2 is 1.81 bits per heavy atom. The average Bonchev–Trinajstić information content (AvgIpc) is 3.22. The quantitative estimate of drug-likeness (QED) is 0.608. The second kappa shape index (κ2) is 9.36. The molecule has 0 N–H and O–H groups in total. The van der Waals surface area contributed by atoms with Crippen molar-refractivity contribution in [2.45, 2.75) is 49.1 Å². The topological polar surface area (TPSA) is 102 Å². The molecule has 1 saturated carbocycles. The number of carbonyl (C=O) groups is 2. The van der Waals surface area contributed by atoms with E-state index in [9.17, 15) is 18.0 Å². The molecule has 0 bridgehead atoms. The fourth-order valence-corrected chi connectivity index (χ4v) is 6.62. The van der Waals surface area contributed by atoms with Gasteiger partial charge in [0.2, 0.25) is 10.0 Å². The first kappa shape index (κ1) is 23.0. The van der Waals surface area contributed by atoms with Crippen LogP contribution in [0.2, 0.25) is 0 Å². The molecule has 3 atom stereocenters. The van der Waals surface area contributed by atoms with Crippen LogP contribution in [0.15, 0.2) is 23.1 Å². The van der Waals surface area contributed by atoms with Gasteiger partial charge in [0.05, 0.1) is 37.9 Å². The lowest BCUT2D eigenvalue weighted by Gasteiger charge is -2.33. The van der Waals surface area contributed by atoms with E-state index in [1.165, 1.54) is 36.7 Å². The maximum atomic E-state index is 13.8. The van der Waals surface area contributed by atoms with E-state index in [1.807, 2.05) is 0 Å². The van der Waals surface area contributed by atoms with E-state index in [0.717, 1.165) is 25.7 Å². The fraction of sp³-hybridized carbons (Fsp3) is 0.636. The van der Waals surface area contributed by atoms with Crippen molar-refractivity contribution in [3.05, 3.63) is 23.8 Å². The number of sulfonamides is 1. The second-order valence-corrected chi connectivity index (χ2v) is 10.4. The first-order valence-electron chi connectivity index (χ1n) is 11.0. The van der Waals surface area contributed by atoms with Crippen LogP contribution in [-0.2, 0) is 24.3 Å². The summed E-state index contributed by atoms with van der Waals surface area (Å²) in [6.45, 7) is 1.19. The Morgan fingerprint density at radius 3 is 2.50 bits per heavy atom. The Bertz CT molecular complexity index is 974. The molecule has 10 heteroatoms. The SMILES string of the molecule is COC(=O)C1CC2CCCCC2N1C(=O)c1cc(S(=O)(=O)N2CCOCC2)ccc1OC. The van der Waals surface area contributed by atoms with Crippen LogP contribution in [0.25, 0.3) is 0 Å². The molecule has 9 nitrogen and oxygen atoms in total. The Morgan fingerprint density at radius 1 is 1.09 bits per heavy atom. The third-order valence-corrected chi connectivity index (χ3v) is 8.70. The summed E-state index contributed by atoms with van der Waals surface area (Å²) in [5.41, 5.74) is 0.141. The highest BCUT2D eigenvalue weighted by atomic mass is 32.2. The lowest BCUT2D eigenvalue weighted by molar-refractivity contribution is -0.145. The van der Waals surface area contributed by atoms with Gasteiger partial charge in [0.25, 0.3) is 5.91 Å². The number of amides is 1. The molecule has 4 rings (SSSR count). The number of hydrogen-bond donors (Lipinski definition) is 0. The number of esters is 1. The number of ether oxygens (including phenoxy) is 3. The van der Waals surface area contributed by atoms with Gasteiger partial charge in [-0.25, -0.2) is 13.2 Å². The molecule has 3 fully saturated rings. The number of benzene rings is 1. The maximum absolute atomic E-state index is 13.8. The van der Waals surface area contributed by atoms with Crippen molar-refractivity contribution in [2.75, 3.05) is 40.5 Å². The maximum Gasteiger partial charge on any atom is 0.328 e. The van der Waals surface area contributed by atoms with Crippen molar-refractivity contribution < 1.29 is 32.2 Å². The number of hydrogen-bond acceptors (Lipinski definition) is 7. The number of morpholine rings is 1. The lowest BCUT2D eigenvalue weighted by atomic mass is 9.84. The van der Waals surface area contributed by atoms with Crippen LogP contribution in [-0.4, -0.2) is 82.1 Å². The predicted molar refractivity (Wildman–Crippen MR) is 115 cm³/mol. The molecular weight excluding hydrogens is 436 g/mol. The average molecular weight is 467 g/mol. The van der Waals surface area contributed by atoms with E-state index < -0.39 is 27.9 Å². The van der Waals surface area contributed by atoms with Gasteiger partial charge in [-0.3, -0.25) is 4.79 Å². The van der Waals surface area contributed by atoms with Crippen LogP contribution in [0, 0.1) is 5.92 Å². The van der Waals surface area contributed by atoms with E-state index >= 15 is 0 Å². The van der Waals surface area contributed by atoms with Gasteiger partial charge in [0.15, 0.2) is 0 Å². The molecule has 0 aromatic heterocycles. The fourth-order valence-electron chi connectivity index (χ4n) is 5.19. The molecule has 3 unspecified atom stereocenters. The van der Waals surface area contributed by atoms with Crippen molar-refractivity contribution in [2.24, 2.45) is 5.92 Å². The molecule has 2 saturated heterocycles. The van der Waals surface area contributed by atoms with Crippen LogP contribution < -0.4 is 4.74 Å². The highest BCUT2D eigenvalue weighted by Crippen LogP contribution is 2.41. The molecule has 176 valence electrons. The van der Waals surface area contributed by atoms with Gasteiger partial charge in [-0.05, 0) is 43.4 Å². The number of methoxy groups -OCH3 is 2. The van der Waals surface area contributed by atoms with E-state index in [0.29, 0.717) is 19.6 Å². The van der Waals surface area contributed by atoms with Crippen molar-refractivity contribution in [3.63, 3.8) is 0 Å². The highest BCUT2D eigenvalue weighted by molar-refractivity contribution is 7.89. The zero-order valence-electron chi connectivity index (χ0n) is 18.5. The van der Waals surface area contributed by atoms with Gasteiger partial charge in [0.1, 0.15) is 11.8 Å². The van der Waals surface area contributed by atoms with E-state index in [4.69, 9.17) is 14.2 Å². The standard InChI is InChI=1S/C22H30N2O7S/c1-29-20-8-7-16(32(27,28)23-9-11-31-12-10-23)14-17(20)21(25)24-18-6-4-3-5-15(18)13-19(24)22(26)30-2/h7-8,14-15,18-19H,3-6,9-13H2,1-2H3. The highest BCUT2D eigenvalue weighted by Gasteiger charge is 2.48. The number of likely N-dealkylation sites (tertiary alicyclic amines) is 1. The Balaban J connectivity index is 1.71. The summed E-state index contributed by atoms with van der Waals surface area (Å²) in [4.78, 5) is 27.9. The summed E-state index contributed by atoms with van der Waals surface area (Å²) >= 11 is 0. The molecule has 0 spiro atoms. The molecule has 2 heterocycles. The van der Waals surface area contributed by atoms with E-state index in [1.54, 1.807) is 4.90 Å². The normalized spacial score (nSPS) is 26.4. The first-order chi connectivity index (χ1) is 15.4. The number of fused-ring (bicyclic) bond motifs is 1. The van der Waals surface area contributed by atoms with Gasteiger partial charge in [0, 0.05) is 19.1 Å². The molecule has 0 radical (unpaired) electrons. The predicted octanol–water partition coefficient (Wildman–Crippen LogP) is 1.66. The molecule has 1 aromatic carbocycles. The van der Waals surface area contributed by atoms with Crippen LogP contribution in [0.1, 0.15) is 42.5 Å². The summed E-state index contributed by atoms with van der Waals surface area (Å²) in [5.74, 6) is -0.323. The molecule has 3 aliphatic rings.